The first-order valence-corrected chi connectivity index (χ1v) is 5.07. The van der Waals surface area contributed by atoms with Crippen molar-refractivity contribution in [1.29, 1.82) is 5.26 Å². The van der Waals surface area contributed by atoms with Gasteiger partial charge in [-0.1, -0.05) is 6.07 Å². The molecule has 0 bridgehead atoms. The minimum atomic E-state index is -0.291. The summed E-state index contributed by atoms with van der Waals surface area (Å²) in [6.07, 6.45) is 2.68. The SMILES string of the molecule is N#Cc1ncccc1CNCCCC(N)=O. The molecule has 0 aromatic carbocycles. The topological polar surface area (TPSA) is 91.8 Å². The second kappa shape index (κ2) is 6.53. The number of hydrogen-bond acceptors (Lipinski definition) is 4. The monoisotopic (exact) mass is 218 g/mol. The van der Waals surface area contributed by atoms with Crippen molar-refractivity contribution in [2.24, 2.45) is 5.73 Å². The molecule has 5 heteroatoms. The maximum Gasteiger partial charge on any atom is 0.217 e. The number of nitrogens with two attached hydrogens (primary N) is 1. The van der Waals surface area contributed by atoms with Gasteiger partial charge in [-0.05, 0) is 19.0 Å². The molecular formula is C11H14N4O. The summed E-state index contributed by atoms with van der Waals surface area (Å²) in [5.74, 6) is -0.291. The average molecular weight is 218 g/mol. The summed E-state index contributed by atoms with van der Waals surface area (Å²) in [5, 5.41) is 11.9. The Morgan fingerprint density at radius 3 is 3.12 bits per heavy atom. The van der Waals surface area contributed by atoms with Gasteiger partial charge in [0.25, 0.3) is 0 Å². The van der Waals surface area contributed by atoms with Gasteiger partial charge in [-0.15, -0.1) is 0 Å². The highest BCUT2D eigenvalue weighted by atomic mass is 16.1. The molecule has 0 spiro atoms. The van der Waals surface area contributed by atoms with E-state index in [1.54, 1.807) is 12.3 Å². The number of nitrogens with one attached hydrogen (secondary N) is 1. The molecule has 0 aliphatic heterocycles. The number of carbonyl (C=O) groups is 1. The number of amides is 1. The van der Waals surface area contributed by atoms with Crippen LogP contribution in [0.15, 0.2) is 18.3 Å². The Bertz CT molecular complexity index is 397. The van der Waals surface area contributed by atoms with Gasteiger partial charge >= 0.3 is 0 Å². The van der Waals surface area contributed by atoms with Crippen LogP contribution in [0.25, 0.3) is 0 Å². The second-order valence-corrected chi connectivity index (χ2v) is 3.37. The number of pyridine rings is 1. The first kappa shape index (κ1) is 12.1. The van der Waals surface area contributed by atoms with Crippen molar-refractivity contribution >= 4 is 5.91 Å². The third kappa shape index (κ3) is 4.07. The molecule has 0 aliphatic carbocycles. The van der Waals surface area contributed by atoms with Gasteiger partial charge in [0, 0.05) is 24.7 Å². The first-order valence-electron chi connectivity index (χ1n) is 5.07. The van der Waals surface area contributed by atoms with Crippen molar-refractivity contribution in [3.8, 4) is 6.07 Å². The molecule has 0 fully saturated rings. The fourth-order valence-corrected chi connectivity index (χ4v) is 1.29. The molecule has 0 saturated carbocycles. The molecule has 84 valence electrons. The van der Waals surface area contributed by atoms with E-state index < -0.39 is 0 Å². The van der Waals surface area contributed by atoms with Crippen molar-refractivity contribution in [2.45, 2.75) is 19.4 Å². The number of aromatic nitrogens is 1. The number of hydrogen-bond donors (Lipinski definition) is 2. The number of nitrogens with zero attached hydrogens (tertiary/aromatic N) is 2. The van der Waals surface area contributed by atoms with Crippen LogP contribution in [-0.2, 0) is 11.3 Å². The van der Waals surface area contributed by atoms with E-state index in [0.29, 0.717) is 31.6 Å². The third-order valence-electron chi connectivity index (χ3n) is 2.09. The quantitative estimate of drug-likeness (QED) is 0.672. The summed E-state index contributed by atoms with van der Waals surface area (Å²) >= 11 is 0. The van der Waals surface area contributed by atoms with Crippen LogP contribution < -0.4 is 11.1 Å². The smallest absolute Gasteiger partial charge is 0.217 e. The van der Waals surface area contributed by atoms with Gasteiger partial charge in [0.1, 0.15) is 11.8 Å². The van der Waals surface area contributed by atoms with Crippen LogP contribution in [0.5, 0.6) is 0 Å². The van der Waals surface area contributed by atoms with Crippen LogP contribution in [0.3, 0.4) is 0 Å². The molecule has 1 aromatic heterocycles. The Balaban J connectivity index is 2.32. The van der Waals surface area contributed by atoms with Crippen LogP contribution in [0.1, 0.15) is 24.1 Å². The van der Waals surface area contributed by atoms with E-state index in [1.165, 1.54) is 0 Å². The van der Waals surface area contributed by atoms with Crippen LogP contribution in [0.2, 0.25) is 0 Å². The zero-order chi connectivity index (χ0) is 11.8. The fourth-order valence-electron chi connectivity index (χ4n) is 1.29. The third-order valence-corrected chi connectivity index (χ3v) is 2.09. The van der Waals surface area contributed by atoms with Gasteiger partial charge in [-0.25, -0.2) is 4.98 Å². The molecule has 5 nitrogen and oxygen atoms in total. The van der Waals surface area contributed by atoms with Gasteiger partial charge in [0.15, 0.2) is 0 Å². The highest BCUT2D eigenvalue weighted by molar-refractivity contribution is 5.73. The summed E-state index contributed by atoms with van der Waals surface area (Å²) in [6.45, 7) is 1.28. The fraction of sp³-hybridized carbons (Fsp3) is 0.364. The van der Waals surface area contributed by atoms with Crippen LogP contribution in [-0.4, -0.2) is 17.4 Å². The van der Waals surface area contributed by atoms with Gasteiger partial charge in [0.05, 0.1) is 0 Å². The molecule has 0 aliphatic rings. The Morgan fingerprint density at radius 2 is 2.44 bits per heavy atom. The lowest BCUT2D eigenvalue weighted by atomic mass is 10.2. The second-order valence-electron chi connectivity index (χ2n) is 3.37. The summed E-state index contributed by atoms with van der Waals surface area (Å²) < 4.78 is 0. The van der Waals surface area contributed by atoms with Gasteiger partial charge in [-0.3, -0.25) is 4.79 Å². The Kier molecular flexibility index (Phi) is 4.96. The minimum absolute atomic E-state index is 0.291. The van der Waals surface area contributed by atoms with E-state index in [2.05, 4.69) is 10.3 Å². The maximum absolute atomic E-state index is 10.5. The zero-order valence-electron chi connectivity index (χ0n) is 8.94. The normalized spacial score (nSPS) is 9.69. The van der Waals surface area contributed by atoms with E-state index >= 15 is 0 Å². The highest BCUT2D eigenvalue weighted by Crippen LogP contribution is 2.02. The lowest BCUT2D eigenvalue weighted by molar-refractivity contribution is -0.118. The summed E-state index contributed by atoms with van der Waals surface area (Å²) in [6, 6.07) is 5.68. The summed E-state index contributed by atoms with van der Waals surface area (Å²) in [4.78, 5) is 14.4. The lowest BCUT2D eigenvalue weighted by Gasteiger charge is -2.04. The number of primary amides is 1. The largest absolute Gasteiger partial charge is 0.370 e. The maximum atomic E-state index is 10.5. The first-order chi connectivity index (χ1) is 7.74. The molecule has 3 N–H and O–H groups in total. The van der Waals surface area contributed by atoms with E-state index in [9.17, 15) is 4.79 Å². The Hall–Kier alpha value is -1.93. The highest BCUT2D eigenvalue weighted by Gasteiger charge is 2.01. The molecular weight excluding hydrogens is 204 g/mol. The summed E-state index contributed by atoms with van der Waals surface area (Å²) in [7, 11) is 0. The molecule has 0 radical (unpaired) electrons. The molecule has 1 amide bonds. The van der Waals surface area contributed by atoms with Crippen LogP contribution in [0.4, 0.5) is 0 Å². The predicted octanol–water partition coefficient (Wildman–Crippen LogP) is 0.308. The molecule has 0 unspecified atom stereocenters. The summed E-state index contributed by atoms with van der Waals surface area (Å²) in [5.41, 5.74) is 6.31. The van der Waals surface area contributed by atoms with E-state index in [4.69, 9.17) is 11.0 Å². The van der Waals surface area contributed by atoms with E-state index in [0.717, 1.165) is 5.56 Å². The molecule has 1 heterocycles. The number of carbonyl (C=O) groups excluding carboxylic acids is 1. The van der Waals surface area contributed by atoms with Gasteiger partial charge < -0.3 is 11.1 Å². The van der Waals surface area contributed by atoms with Crippen molar-refractivity contribution in [3.63, 3.8) is 0 Å². The minimum Gasteiger partial charge on any atom is -0.370 e. The van der Waals surface area contributed by atoms with Gasteiger partial charge in [-0.2, -0.15) is 5.26 Å². The number of nitriles is 1. The van der Waals surface area contributed by atoms with Gasteiger partial charge in [0.2, 0.25) is 5.91 Å². The molecule has 1 rings (SSSR count). The van der Waals surface area contributed by atoms with Crippen molar-refractivity contribution in [3.05, 3.63) is 29.6 Å². The average Bonchev–Trinajstić information content (AvgIpc) is 2.29. The molecule has 0 saturated heterocycles. The van der Waals surface area contributed by atoms with Crippen LogP contribution >= 0.6 is 0 Å². The standard InChI is InChI=1S/C11H14N4O/c12-7-10-9(3-1-6-15-10)8-14-5-2-4-11(13)16/h1,3,6,14H,2,4-5,8H2,(H2,13,16). The van der Waals surface area contributed by atoms with E-state index in [-0.39, 0.29) is 5.91 Å². The molecule has 16 heavy (non-hydrogen) atoms. The molecule has 0 atom stereocenters. The lowest BCUT2D eigenvalue weighted by Crippen LogP contribution is -2.18. The molecule has 1 aromatic rings. The number of rotatable bonds is 6. The predicted molar refractivity (Wildman–Crippen MR) is 59.1 cm³/mol. The zero-order valence-corrected chi connectivity index (χ0v) is 8.94. The van der Waals surface area contributed by atoms with Crippen molar-refractivity contribution < 1.29 is 4.79 Å². The van der Waals surface area contributed by atoms with E-state index in [1.807, 2.05) is 12.1 Å². The van der Waals surface area contributed by atoms with Crippen LogP contribution in [0, 0.1) is 11.3 Å². The van der Waals surface area contributed by atoms with Crippen molar-refractivity contribution in [1.82, 2.24) is 10.3 Å². The van der Waals surface area contributed by atoms with Crippen molar-refractivity contribution in [2.75, 3.05) is 6.54 Å². The Morgan fingerprint density at radius 1 is 1.62 bits per heavy atom. The Labute approximate surface area is 94.3 Å².